The van der Waals surface area contributed by atoms with E-state index in [4.69, 9.17) is 4.74 Å². The van der Waals surface area contributed by atoms with E-state index in [9.17, 15) is 10.1 Å². The highest BCUT2D eigenvalue weighted by Gasteiger charge is 2.10. The third-order valence-corrected chi connectivity index (χ3v) is 4.93. The maximum Gasteiger partial charge on any atom is 0.261 e. The molecule has 1 amide bonds. The molecule has 2 aromatic carbocycles. The van der Waals surface area contributed by atoms with Gasteiger partial charge in [-0.15, -0.1) is 0 Å². The zero-order valence-corrected chi connectivity index (χ0v) is 17.8. The van der Waals surface area contributed by atoms with Gasteiger partial charge in [-0.05, 0) is 71.5 Å². The Kier molecular flexibility index (Phi) is 8.77. The van der Waals surface area contributed by atoms with Crippen LogP contribution in [0.2, 0.25) is 0 Å². The van der Waals surface area contributed by atoms with Gasteiger partial charge in [0.2, 0.25) is 0 Å². The molecular weight excluding hydrogens is 416 g/mol. The molecular formula is C23H25BrN2O2. The number of halogens is 1. The van der Waals surface area contributed by atoms with E-state index in [1.807, 2.05) is 49.4 Å². The van der Waals surface area contributed by atoms with Crippen LogP contribution in [0.3, 0.4) is 0 Å². The number of amides is 1. The number of carbonyl (C=O) groups is 1. The molecule has 0 saturated heterocycles. The van der Waals surface area contributed by atoms with Crippen molar-refractivity contribution in [3.63, 3.8) is 0 Å². The van der Waals surface area contributed by atoms with Crippen molar-refractivity contribution >= 4 is 27.9 Å². The molecule has 0 aromatic heterocycles. The average molecular weight is 441 g/mol. The predicted molar refractivity (Wildman–Crippen MR) is 116 cm³/mol. The van der Waals surface area contributed by atoms with Gasteiger partial charge in [-0.25, -0.2) is 0 Å². The molecule has 2 aromatic rings. The summed E-state index contributed by atoms with van der Waals surface area (Å²) >= 11 is 3.49. The Morgan fingerprint density at radius 1 is 1.29 bits per heavy atom. The summed E-state index contributed by atoms with van der Waals surface area (Å²) in [5, 5.41) is 12.2. The lowest BCUT2D eigenvalue weighted by molar-refractivity contribution is -0.117. The molecule has 0 aliphatic heterocycles. The molecule has 0 spiro atoms. The molecule has 0 unspecified atom stereocenters. The first-order valence-corrected chi connectivity index (χ1v) is 10.2. The van der Waals surface area contributed by atoms with Crippen LogP contribution in [0.4, 0.5) is 0 Å². The van der Waals surface area contributed by atoms with Gasteiger partial charge < -0.3 is 10.1 Å². The van der Waals surface area contributed by atoms with Crippen molar-refractivity contribution in [3.05, 3.63) is 69.7 Å². The second kappa shape index (κ2) is 11.3. The van der Waals surface area contributed by atoms with Crippen molar-refractivity contribution in [3.8, 4) is 11.8 Å². The number of nitrogens with one attached hydrogen (secondary N) is 1. The molecule has 0 aliphatic rings. The number of aryl methyl sites for hydroxylation is 1. The van der Waals surface area contributed by atoms with Gasteiger partial charge in [0, 0.05) is 6.54 Å². The number of nitrogens with zero attached hydrogens (tertiary/aromatic N) is 1. The lowest BCUT2D eigenvalue weighted by Crippen LogP contribution is -2.25. The van der Waals surface area contributed by atoms with Gasteiger partial charge >= 0.3 is 0 Å². The zero-order chi connectivity index (χ0) is 20.4. The van der Waals surface area contributed by atoms with Gasteiger partial charge in [-0.3, -0.25) is 4.79 Å². The van der Waals surface area contributed by atoms with Crippen LogP contribution < -0.4 is 10.1 Å². The molecule has 146 valence electrons. The summed E-state index contributed by atoms with van der Waals surface area (Å²) in [5.74, 6) is 0.391. The molecule has 0 fully saturated rings. The number of hydrogen-bond donors (Lipinski definition) is 1. The normalized spacial score (nSPS) is 12.1. The Bertz CT molecular complexity index is 857. The Hall–Kier alpha value is -2.58. The van der Waals surface area contributed by atoms with Gasteiger partial charge in [-0.2, -0.15) is 5.26 Å². The molecule has 0 aliphatic carbocycles. The summed E-state index contributed by atoms with van der Waals surface area (Å²) in [5.41, 5.74) is 2.08. The van der Waals surface area contributed by atoms with Crippen LogP contribution in [0.5, 0.6) is 5.75 Å². The summed E-state index contributed by atoms with van der Waals surface area (Å²) in [6, 6.07) is 17.6. The van der Waals surface area contributed by atoms with Gasteiger partial charge in [0.25, 0.3) is 5.91 Å². The van der Waals surface area contributed by atoms with E-state index in [0.29, 0.717) is 6.54 Å². The van der Waals surface area contributed by atoms with Crippen molar-refractivity contribution in [2.45, 2.75) is 39.2 Å². The first-order chi connectivity index (χ1) is 13.5. The molecule has 0 saturated carbocycles. The molecule has 4 nitrogen and oxygen atoms in total. The van der Waals surface area contributed by atoms with Crippen molar-refractivity contribution in [2.24, 2.45) is 0 Å². The quantitative estimate of drug-likeness (QED) is 0.327. The summed E-state index contributed by atoms with van der Waals surface area (Å²) in [6.45, 7) is 4.60. The van der Waals surface area contributed by atoms with E-state index in [1.165, 1.54) is 5.56 Å². The first kappa shape index (κ1) is 21.7. The van der Waals surface area contributed by atoms with Crippen molar-refractivity contribution in [1.82, 2.24) is 5.32 Å². The minimum absolute atomic E-state index is 0.0854. The summed E-state index contributed by atoms with van der Waals surface area (Å²) in [7, 11) is 0. The van der Waals surface area contributed by atoms with Crippen LogP contribution in [0.1, 0.15) is 37.8 Å². The topological polar surface area (TPSA) is 62.1 Å². The maximum atomic E-state index is 12.3. The maximum absolute atomic E-state index is 12.3. The van der Waals surface area contributed by atoms with Crippen LogP contribution in [0.15, 0.2) is 58.6 Å². The molecule has 0 radical (unpaired) electrons. The number of nitriles is 1. The highest BCUT2D eigenvalue weighted by Crippen LogP contribution is 2.28. The number of rotatable bonds is 9. The van der Waals surface area contributed by atoms with Crippen molar-refractivity contribution in [2.75, 3.05) is 6.54 Å². The van der Waals surface area contributed by atoms with Crippen LogP contribution in [0, 0.1) is 11.3 Å². The Balaban J connectivity index is 1.93. The molecule has 1 atom stereocenters. The highest BCUT2D eigenvalue weighted by molar-refractivity contribution is 9.10. The minimum Gasteiger partial charge on any atom is -0.490 e. The van der Waals surface area contributed by atoms with E-state index in [1.54, 1.807) is 6.08 Å². The lowest BCUT2D eigenvalue weighted by atomic mass is 10.1. The Morgan fingerprint density at radius 3 is 2.68 bits per heavy atom. The second-order valence-corrected chi connectivity index (χ2v) is 7.40. The molecule has 2 rings (SSSR count). The summed E-state index contributed by atoms with van der Waals surface area (Å²) in [4.78, 5) is 12.3. The lowest BCUT2D eigenvalue weighted by Gasteiger charge is -2.14. The Labute approximate surface area is 175 Å². The Morgan fingerprint density at radius 2 is 2.04 bits per heavy atom. The second-order valence-electron chi connectivity index (χ2n) is 6.54. The van der Waals surface area contributed by atoms with Gasteiger partial charge in [0.1, 0.15) is 17.4 Å². The largest absolute Gasteiger partial charge is 0.490 e. The zero-order valence-electron chi connectivity index (χ0n) is 16.2. The SMILES string of the molecule is CC[C@@H](C)Oc1ccc(/C=C(/C#N)C(=O)NCCCc2ccccc2)cc1Br. The molecule has 5 heteroatoms. The number of ether oxygens (including phenoxy) is 1. The predicted octanol–water partition coefficient (Wildman–Crippen LogP) is 5.28. The monoisotopic (exact) mass is 440 g/mol. The minimum atomic E-state index is -0.355. The van der Waals surface area contributed by atoms with E-state index in [0.717, 1.165) is 35.0 Å². The van der Waals surface area contributed by atoms with Gasteiger partial charge in [0.15, 0.2) is 0 Å². The molecule has 0 bridgehead atoms. The molecule has 1 N–H and O–H groups in total. The van der Waals surface area contributed by atoms with Crippen molar-refractivity contribution in [1.29, 1.82) is 5.26 Å². The smallest absolute Gasteiger partial charge is 0.261 e. The van der Waals surface area contributed by atoms with Gasteiger partial charge in [0.05, 0.1) is 10.6 Å². The van der Waals surface area contributed by atoms with Crippen LogP contribution in [-0.2, 0) is 11.2 Å². The van der Waals surface area contributed by atoms with E-state index in [2.05, 4.69) is 40.3 Å². The standard InChI is InChI=1S/C23H25BrN2O2/c1-3-17(2)28-22-12-11-19(15-21(22)24)14-20(16-25)23(27)26-13-7-10-18-8-5-4-6-9-18/h4-6,8-9,11-12,14-15,17H,3,7,10,13H2,1-2H3,(H,26,27)/b20-14-/t17-/m1/s1. The molecule has 28 heavy (non-hydrogen) atoms. The third-order valence-electron chi connectivity index (χ3n) is 4.31. The number of carbonyl (C=O) groups excluding carboxylic acids is 1. The van der Waals surface area contributed by atoms with E-state index in [-0.39, 0.29) is 17.6 Å². The first-order valence-electron chi connectivity index (χ1n) is 9.43. The van der Waals surface area contributed by atoms with E-state index < -0.39 is 0 Å². The van der Waals surface area contributed by atoms with Crippen LogP contribution in [-0.4, -0.2) is 18.6 Å². The molecule has 0 heterocycles. The fourth-order valence-corrected chi connectivity index (χ4v) is 3.04. The summed E-state index contributed by atoms with van der Waals surface area (Å²) in [6.07, 6.45) is 4.33. The number of benzene rings is 2. The fourth-order valence-electron chi connectivity index (χ4n) is 2.55. The van der Waals surface area contributed by atoms with Gasteiger partial charge in [-0.1, -0.05) is 43.3 Å². The summed E-state index contributed by atoms with van der Waals surface area (Å²) < 4.78 is 6.61. The van der Waals surface area contributed by atoms with E-state index >= 15 is 0 Å². The fraction of sp³-hybridized carbons (Fsp3) is 0.304. The third kappa shape index (κ3) is 6.86. The average Bonchev–Trinajstić information content (AvgIpc) is 2.71. The van der Waals surface area contributed by atoms with Crippen LogP contribution in [0.25, 0.3) is 6.08 Å². The highest BCUT2D eigenvalue weighted by atomic mass is 79.9. The number of hydrogen-bond acceptors (Lipinski definition) is 3. The van der Waals surface area contributed by atoms with Crippen molar-refractivity contribution < 1.29 is 9.53 Å². The van der Waals surface area contributed by atoms with Crippen LogP contribution >= 0.6 is 15.9 Å².